The summed E-state index contributed by atoms with van der Waals surface area (Å²) in [5.74, 6) is 1.01. The Bertz CT molecular complexity index is 416. The van der Waals surface area contributed by atoms with Crippen LogP contribution in [0.3, 0.4) is 0 Å². The van der Waals surface area contributed by atoms with Gasteiger partial charge in [-0.15, -0.1) is 0 Å². The van der Waals surface area contributed by atoms with E-state index in [0.29, 0.717) is 25.4 Å². The van der Waals surface area contributed by atoms with Gasteiger partial charge in [-0.3, -0.25) is 9.59 Å². The number of nitrogens with zero attached hydrogens (tertiary/aromatic N) is 1. The number of hydrogen-bond donors (Lipinski definition) is 1. The number of carbonyl (C=O) groups is 2. The number of hydrogen-bond acceptors (Lipinski definition) is 2. The summed E-state index contributed by atoms with van der Waals surface area (Å²) < 4.78 is 0. The minimum Gasteiger partial charge on any atom is -0.481 e. The van der Waals surface area contributed by atoms with E-state index in [9.17, 15) is 14.7 Å². The first-order valence-electron chi connectivity index (χ1n) is 8.03. The molecule has 1 aliphatic heterocycles. The molecular formula is C16H25NO3. The van der Waals surface area contributed by atoms with E-state index in [2.05, 4.69) is 0 Å². The van der Waals surface area contributed by atoms with Crippen molar-refractivity contribution in [2.24, 2.45) is 23.2 Å². The third-order valence-corrected chi connectivity index (χ3v) is 5.71. The zero-order valence-electron chi connectivity index (χ0n) is 12.3. The predicted octanol–water partition coefficient (Wildman–Crippen LogP) is 2.53. The normalized spacial score (nSPS) is 38.0. The number of amides is 1. The van der Waals surface area contributed by atoms with Crippen LogP contribution in [0, 0.1) is 23.2 Å². The van der Waals surface area contributed by atoms with E-state index in [-0.39, 0.29) is 11.8 Å². The van der Waals surface area contributed by atoms with Gasteiger partial charge in [-0.25, -0.2) is 0 Å². The number of aliphatic carboxylic acids is 1. The van der Waals surface area contributed by atoms with Gasteiger partial charge in [0, 0.05) is 19.0 Å². The van der Waals surface area contributed by atoms with Crippen LogP contribution < -0.4 is 0 Å². The molecular weight excluding hydrogens is 254 g/mol. The highest BCUT2D eigenvalue weighted by Gasteiger charge is 2.51. The van der Waals surface area contributed by atoms with Crippen LogP contribution in [0.2, 0.25) is 0 Å². The van der Waals surface area contributed by atoms with E-state index in [1.807, 2.05) is 4.90 Å². The molecule has 2 aliphatic carbocycles. The summed E-state index contributed by atoms with van der Waals surface area (Å²) >= 11 is 0. The third kappa shape index (κ3) is 2.45. The average molecular weight is 279 g/mol. The number of carboxylic acid groups (broad SMARTS) is 1. The molecule has 1 amide bonds. The smallest absolute Gasteiger partial charge is 0.311 e. The van der Waals surface area contributed by atoms with Gasteiger partial charge in [-0.05, 0) is 31.6 Å². The highest BCUT2D eigenvalue weighted by Crippen LogP contribution is 2.50. The molecule has 3 atom stereocenters. The van der Waals surface area contributed by atoms with Crippen molar-refractivity contribution in [1.82, 2.24) is 4.90 Å². The van der Waals surface area contributed by atoms with Crippen molar-refractivity contribution in [2.45, 2.75) is 51.9 Å². The molecule has 112 valence electrons. The monoisotopic (exact) mass is 279 g/mol. The third-order valence-electron chi connectivity index (χ3n) is 5.71. The predicted molar refractivity (Wildman–Crippen MR) is 75.1 cm³/mol. The molecule has 0 aromatic heterocycles. The van der Waals surface area contributed by atoms with E-state index < -0.39 is 11.4 Å². The maximum atomic E-state index is 12.5. The van der Waals surface area contributed by atoms with Gasteiger partial charge < -0.3 is 10.0 Å². The molecule has 3 fully saturated rings. The Morgan fingerprint density at radius 3 is 2.50 bits per heavy atom. The lowest BCUT2D eigenvalue weighted by Gasteiger charge is -2.23. The Balaban J connectivity index is 1.55. The van der Waals surface area contributed by atoms with Crippen molar-refractivity contribution >= 4 is 11.9 Å². The summed E-state index contributed by atoms with van der Waals surface area (Å²) in [5, 5.41) is 9.24. The molecule has 0 spiro atoms. The van der Waals surface area contributed by atoms with Crippen molar-refractivity contribution in [2.75, 3.05) is 13.1 Å². The Kier molecular flexibility index (Phi) is 3.51. The van der Waals surface area contributed by atoms with Crippen LogP contribution in [0.5, 0.6) is 0 Å². The van der Waals surface area contributed by atoms with E-state index in [1.54, 1.807) is 6.92 Å². The Labute approximate surface area is 120 Å². The summed E-state index contributed by atoms with van der Waals surface area (Å²) in [6.45, 7) is 2.78. The van der Waals surface area contributed by atoms with Crippen LogP contribution in [0.4, 0.5) is 0 Å². The first kappa shape index (κ1) is 13.9. The fourth-order valence-corrected chi connectivity index (χ4v) is 4.14. The fourth-order valence-electron chi connectivity index (χ4n) is 4.14. The molecule has 0 radical (unpaired) electrons. The number of rotatable bonds is 3. The zero-order valence-corrected chi connectivity index (χ0v) is 12.3. The van der Waals surface area contributed by atoms with E-state index in [4.69, 9.17) is 0 Å². The van der Waals surface area contributed by atoms with Crippen LogP contribution in [0.25, 0.3) is 0 Å². The van der Waals surface area contributed by atoms with Crippen molar-refractivity contribution in [3.63, 3.8) is 0 Å². The van der Waals surface area contributed by atoms with Crippen molar-refractivity contribution in [3.05, 3.63) is 0 Å². The second-order valence-corrected chi connectivity index (χ2v) is 7.28. The van der Waals surface area contributed by atoms with Gasteiger partial charge in [0.25, 0.3) is 0 Å². The maximum absolute atomic E-state index is 12.5. The molecule has 1 N–H and O–H groups in total. The van der Waals surface area contributed by atoms with Gasteiger partial charge in [-0.1, -0.05) is 32.1 Å². The van der Waals surface area contributed by atoms with Gasteiger partial charge in [0.15, 0.2) is 0 Å². The number of carbonyl (C=O) groups excluding carboxylic acids is 1. The van der Waals surface area contributed by atoms with E-state index in [0.717, 1.165) is 12.3 Å². The lowest BCUT2D eigenvalue weighted by atomic mass is 9.85. The average Bonchev–Trinajstić information content (AvgIpc) is 3.15. The van der Waals surface area contributed by atoms with Gasteiger partial charge in [0.2, 0.25) is 5.91 Å². The Morgan fingerprint density at radius 1 is 1.20 bits per heavy atom. The lowest BCUT2D eigenvalue weighted by Crippen LogP contribution is -2.36. The molecule has 1 saturated heterocycles. The highest BCUT2D eigenvalue weighted by atomic mass is 16.4. The second-order valence-electron chi connectivity index (χ2n) is 7.28. The summed E-state index contributed by atoms with van der Waals surface area (Å²) in [4.78, 5) is 25.6. The highest BCUT2D eigenvalue weighted by molar-refractivity contribution is 5.84. The quantitative estimate of drug-likeness (QED) is 0.863. The SMILES string of the molecule is CC1(C(=O)O)CCN(C(=O)C2CC2C2CCCCC2)C1. The molecule has 0 aromatic carbocycles. The molecule has 3 aliphatic rings. The van der Waals surface area contributed by atoms with E-state index >= 15 is 0 Å². The molecule has 0 bridgehead atoms. The fraction of sp³-hybridized carbons (Fsp3) is 0.875. The van der Waals surface area contributed by atoms with Crippen LogP contribution in [0.15, 0.2) is 0 Å². The first-order chi connectivity index (χ1) is 9.51. The van der Waals surface area contributed by atoms with Crippen LogP contribution >= 0.6 is 0 Å². The molecule has 4 heteroatoms. The van der Waals surface area contributed by atoms with E-state index in [1.165, 1.54) is 32.1 Å². The van der Waals surface area contributed by atoms with Crippen LogP contribution in [-0.2, 0) is 9.59 Å². The summed E-state index contributed by atoms with van der Waals surface area (Å²) in [5.41, 5.74) is -0.731. The minimum absolute atomic E-state index is 0.203. The first-order valence-corrected chi connectivity index (χ1v) is 8.03. The van der Waals surface area contributed by atoms with Gasteiger partial charge in [0.1, 0.15) is 0 Å². The second kappa shape index (κ2) is 5.05. The largest absolute Gasteiger partial charge is 0.481 e. The van der Waals surface area contributed by atoms with Crippen molar-refractivity contribution in [3.8, 4) is 0 Å². The van der Waals surface area contributed by atoms with Gasteiger partial charge >= 0.3 is 5.97 Å². The standard InChI is InChI=1S/C16H25NO3/c1-16(15(19)20)7-8-17(10-16)14(18)13-9-12(13)11-5-3-2-4-6-11/h11-13H,2-10H2,1H3,(H,19,20). The molecule has 2 saturated carbocycles. The summed E-state index contributed by atoms with van der Waals surface area (Å²) in [6.07, 6.45) is 8.22. The summed E-state index contributed by atoms with van der Waals surface area (Å²) in [7, 11) is 0. The van der Waals surface area contributed by atoms with Crippen molar-refractivity contribution < 1.29 is 14.7 Å². The molecule has 0 aromatic rings. The van der Waals surface area contributed by atoms with Crippen molar-refractivity contribution in [1.29, 1.82) is 0 Å². The molecule has 1 heterocycles. The summed E-state index contributed by atoms with van der Waals surface area (Å²) in [6, 6.07) is 0. The topological polar surface area (TPSA) is 57.6 Å². The number of likely N-dealkylation sites (tertiary alicyclic amines) is 1. The lowest BCUT2D eigenvalue weighted by molar-refractivity contribution is -0.147. The zero-order chi connectivity index (χ0) is 14.3. The molecule has 3 rings (SSSR count). The molecule has 20 heavy (non-hydrogen) atoms. The minimum atomic E-state index is -0.771. The Morgan fingerprint density at radius 2 is 1.90 bits per heavy atom. The van der Waals surface area contributed by atoms with Crippen LogP contribution in [0.1, 0.15) is 51.9 Å². The molecule has 3 unspecified atom stereocenters. The van der Waals surface area contributed by atoms with Gasteiger partial charge in [0.05, 0.1) is 5.41 Å². The maximum Gasteiger partial charge on any atom is 0.311 e. The Hall–Kier alpha value is -1.06. The van der Waals surface area contributed by atoms with Gasteiger partial charge in [-0.2, -0.15) is 0 Å². The number of carboxylic acids is 1. The van der Waals surface area contributed by atoms with Crippen LogP contribution in [-0.4, -0.2) is 35.0 Å². The molecule has 4 nitrogen and oxygen atoms in total.